The number of amides is 2. The molecule has 0 aliphatic carbocycles. The molecule has 1 fully saturated rings. The number of aromatic nitrogens is 2. The van der Waals surface area contributed by atoms with Crippen LogP contribution < -0.4 is 21.4 Å². The van der Waals surface area contributed by atoms with Gasteiger partial charge in [0.2, 0.25) is 6.10 Å². The quantitative estimate of drug-likeness (QED) is 0.114. The van der Waals surface area contributed by atoms with Crippen molar-refractivity contribution in [2.75, 3.05) is 17.2 Å². The minimum atomic E-state index is -1.40. The zero-order valence-corrected chi connectivity index (χ0v) is 21.9. The molecule has 0 aromatic carbocycles. The first kappa shape index (κ1) is 27.2. The van der Waals surface area contributed by atoms with E-state index in [1.165, 1.54) is 18.7 Å². The Labute approximate surface area is 227 Å². The van der Waals surface area contributed by atoms with Crippen LogP contribution in [0, 0.1) is 0 Å². The van der Waals surface area contributed by atoms with Crippen LogP contribution >= 0.6 is 34.7 Å². The zero-order chi connectivity index (χ0) is 27.7. The van der Waals surface area contributed by atoms with Crippen molar-refractivity contribution in [2.24, 2.45) is 5.16 Å². The van der Waals surface area contributed by atoms with E-state index in [0.29, 0.717) is 11.3 Å². The molecule has 2 aromatic rings. The van der Waals surface area contributed by atoms with Crippen LogP contribution in [0.5, 0.6) is 0 Å². The summed E-state index contributed by atoms with van der Waals surface area (Å²) in [6, 6.07) is 2.32. The fourth-order valence-electron chi connectivity index (χ4n) is 3.71. The van der Waals surface area contributed by atoms with Crippen LogP contribution in [0.3, 0.4) is 0 Å². The van der Waals surface area contributed by atoms with E-state index in [0.717, 1.165) is 16.2 Å². The Morgan fingerprint density at radius 2 is 2.13 bits per heavy atom. The molecule has 4 rings (SSSR count). The van der Waals surface area contributed by atoms with Gasteiger partial charge < -0.3 is 31.8 Å². The number of aliphatic carboxylic acids is 2. The summed E-state index contributed by atoms with van der Waals surface area (Å²) in [6.07, 6.45) is 1.97. The highest BCUT2D eigenvalue weighted by atomic mass is 35.5. The lowest BCUT2D eigenvalue weighted by molar-refractivity contribution is -0.688. The number of nitrogens with one attached hydrogen (secondary N) is 1. The van der Waals surface area contributed by atoms with E-state index >= 15 is 0 Å². The maximum Gasteiger partial charge on any atom is 0.352 e. The third-order valence-electron chi connectivity index (χ3n) is 5.48. The number of nitrogen functional groups attached to an aromatic ring is 2. The molecule has 2 aromatic heterocycles. The minimum Gasteiger partial charge on any atom is -0.478 e. The first-order valence-electron chi connectivity index (χ1n) is 10.8. The summed E-state index contributed by atoms with van der Waals surface area (Å²) in [4.78, 5) is 59.4. The number of nitrogens with zero attached hydrogens (tertiary/aromatic N) is 4. The number of hydrogen-bond donors (Lipinski definition) is 5. The average Bonchev–Trinajstić information content (AvgIpc) is 3.19. The summed E-state index contributed by atoms with van der Waals surface area (Å²) in [5.41, 5.74) is 11.6. The third kappa shape index (κ3) is 5.36. The maximum atomic E-state index is 13.1. The van der Waals surface area contributed by atoms with Crippen molar-refractivity contribution in [1.29, 1.82) is 0 Å². The van der Waals surface area contributed by atoms with Crippen molar-refractivity contribution in [1.82, 2.24) is 15.2 Å². The van der Waals surface area contributed by atoms with Crippen LogP contribution in [0.15, 0.2) is 41.0 Å². The Kier molecular flexibility index (Phi) is 7.75. The lowest BCUT2D eigenvalue weighted by Gasteiger charge is -2.49. The average molecular weight is 583 g/mol. The van der Waals surface area contributed by atoms with Gasteiger partial charge >= 0.3 is 11.9 Å². The lowest BCUT2D eigenvalue weighted by Crippen LogP contribution is -2.71. The number of nitrogens with two attached hydrogens (primary N) is 2. The fourth-order valence-corrected chi connectivity index (χ4v) is 5.97. The van der Waals surface area contributed by atoms with E-state index in [2.05, 4.69) is 15.5 Å². The number of carbonyl (C=O) groups excluding carboxylic acids is 2. The van der Waals surface area contributed by atoms with Gasteiger partial charge in [0.1, 0.15) is 27.1 Å². The molecule has 0 spiro atoms. The second-order valence-corrected chi connectivity index (χ2v) is 10.9. The van der Waals surface area contributed by atoms with Gasteiger partial charge in [0, 0.05) is 17.4 Å². The highest BCUT2D eigenvalue weighted by Crippen LogP contribution is 2.40. The molecule has 2 aliphatic rings. The predicted molar refractivity (Wildman–Crippen MR) is 137 cm³/mol. The molecular formula is C21H21ClN7O7S2+. The smallest absolute Gasteiger partial charge is 0.352 e. The Balaban J connectivity index is 1.56. The molecule has 0 bridgehead atoms. The molecular weight excluding hydrogens is 562 g/mol. The minimum absolute atomic E-state index is 0.00336. The van der Waals surface area contributed by atoms with Crippen molar-refractivity contribution in [3.05, 3.63) is 45.8 Å². The first-order valence-corrected chi connectivity index (χ1v) is 13.1. The Morgan fingerprint density at radius 3 is 2.74 bits per heavy atom. The zero-order valence-electron chi connectivity index (χ0n) is 19.5. The van der Waals surface area contributed by atoms with E-state index in [1.54, 1.807) is 29.1 Å². The summed E-state index contributed by atoms with van der Waals surface area (Å²) in [5, 5.41) is 24.4. The van der Waals surface area contributed by atoms with E-state index < -0.39 is 47.0 Å². The molecule has 14 nitrogen and oxygen atoms in total. The number of fused-ring (bicyclic) bond motifs is 1. The van der Waals surface area contributed by atoms with Gasteiger partial charge in [0.25, 0.3) is 11.8 Å². The van der Waals surface area contributed by atoms with Crippen molar-refractivity contribution < 1.29 is 38.8 Å². The SMILES string of the molecule is C[C@H](ON=C(C(=O)N[C@@H]1C(=O)N2C(C(=O)O)=C(C[n+]3cccc(N)c3)CSC12)c1nc(N)sc1Cl)C(=O)O. The van der Waals surface area contributed by atoms with Crippen LogP contribution in [0.2, 0.25) is 4.34 Å². The number of anilines is 2. The summed E-state index contributed by atoms with van der Waals surface area (Å²) >= 11 is 8.24. The molecule has 1 unspecified atom stereocenters. The highest BCUT2D eigenvalue weighted by molar-refractivity contribution is 8.00. The molecule has 1 saturated heterocycles. The van der Waals surface area contributed by atoms with Gasteiger partial charge in [0.05, 0.1) is 5.69 Å². The van der Waals surface area contributed by atoms with Crippen LogP contribution in [-0.4, -0.2) is 72.8 Å². The predicted octanol–water partition coefficient (Wildman–Crippen LogP) is -0.119. The first-order chi connectivity index (χ1) is 18.0. The van der Waals surface area contributed by atoms with Crippen LogP contribution in [-0.2, 0) is 30.6 Å². The van der Waals surface area contributed by atoms with Gasteiger partial charge in [-0.3, -0.25) is 14.5 Å². The molecule has 38 heavy (non-hydrogen) atoms. The molecule has 2 amide bonds. The summed E-state index contributed by atoms with van der Waals surface area (Å²) in [7, 11) is 0. The summed E-state index contributed by atoms with van der Waals surface area (Å²) in [6.45, 7) is 1.40. The monoisotopic (exact) mass is 582 g/mol. The van der Waals surface area contributed by atoms with Crippen LogP contribution in [0.4, 0.5) is 10.8 Å². The van der Waals surface area contributed by atoms with E-state index in [1.807, 2.05) is 0 Å². The Bertz CT molecular complexity index is 1400. The number of oxime groups is 1. The normalized spacial score (nSPS) is 19.9. The fraction of sp³-hybridized carbons (Fsp3) is 0.286. The van der Waals surface area contributed by atoms with Crippen molar-refractivity contribution in [2.45, 2.75) is 31.0 Å². The van der Waals surface area contributed by atoms with E-state index in [-0.39, 0.29) is 33.2 Å². The Morgan fingerprint density at radius 1 is 1.39 bits per heavy atom. The van der Waals surface area contributed by atoms with Gasteiger partial charge in [-0.1, -0.05) is 28.1 Å². The molecule has 0 saturated carbocycles. The molecule has 0 radical (unpaired) electrons. The number of halogens is 1. The number of rotatable bonds is 9. The topological polar surface area (TPSA) is 214 Å². The number of thiazole rings is 1. The van der Waals surface area contributed by atoms with Gasteiger partial charge in [-0.2, -0.15) is 4.57 Å². The maximum absolute atomic E-state index is 13.1. The van der Waals surface area contributed by atoms with E-state index in [9.17, 15) is 24.3 Å². The number of β-lactam (4-membered cyclic amide) rings is 1. The summed E-state index contributed by atoms with van der Waals surface area (Å²) < 4.78 is 1.71. The number of carbonyl (C=O) groups is 4. The molecule has 200 valence electrons. The van der Waals surface area contributed by atoms with Crippen molar-refractivity contribution >= 4 is 75.0 Å². The van der Waals surface area contributed by atoms with Crippen LogP contribution in [0.25, 0.3) is 0 Å². The second kappa shape index (κ2) is 10.8. The van der Waals surface area contributed by atoms with Gasteiger partial charge in [-0.05, 0) is 13.0 Å². The van der Waals surface area contributed by atoms with Gasteiger partial charge in [0.15, 0.2) is 29.8 Å². The number of pyridine rings is 1. The van der Waals surface area contributed by atoms with Gasteiger partial charge in [-0.25, -0.2) is 14.6 Å². The number of carboxylic acids is 2. The third-order valence-corrected chi connectivity index (χ3v) is 7.91. The highest BCUT2D eigenvalue weighted by Gasteiger charge is 2.55. The van der Waals surface area contributed by atoms with E-state index in [4.69, 9.17) is 33.0 Å². The largest absolute Gasteiger partial charge is 0.478 e. The number of thioether (sulfide) groups is 1. The second-order valence-electron chi connectivity index (χ2n) is 8.13. The molecule has 7 N–H and O–H groups in total. The Hall–Kier alpha value is -3.89. The number of hydrogen-bond acceptors (Lipinski definition) is 11. The number of carboxylic acid groups (broad SMARTS) is 2. The molecule has 4 heterocycles. The summed E-state index contributed by atoms with van der Waals surface area (Å²) in [5.74, 6) is -3.92. The van der Waals surface area contributed by atoms with Crippen LogP contribution in [0.1, 0.15) is 12.6 Å². The standard InChI is InChI=1S/C21H20ClN7O7S2/c1-8(19(32)33)36-27-12(11-15(22)38-21(24)26-11)16(30)25-13-17(31)29-14(20(34)35)9(7-37-18(13)29)5-28-4-2-3-10(23)6-28/h2-4,6,8,13,18H,5,7,23H2,1H3,(H4-,24,25,26,30,32,33,34,35)/p+1/t8-,13+,18?/m0/s1. The van der Waals surface area contributed by atoms with Gasteiger partial charge in [-0.15, -0.1) is 11.8 Å². The van der Waals surface area contributed by atoms with Crippen molar-refractivity contribution in [3.63, 3.8) is 0 Å². The lowest BCUT2D eigenvalue weighted by atomic mass is 10.0. The molecule has 3 atom stereocenters. The van der Waals surface area contributed by atoms with Crippen molar-refractivity contribution in [3.8, 4) is 0 Å². The molecule has 2 aliphatic heterocycles. The molecule has 17 heteroatoms.